The third kappa shape index (κ3) is 3.79. The quantitative estimate of drug-likeness (QED) is 0.657. The van der Waals surface area contributed by atoms with Crippen LogP contribution in [0.1, 0.15) is 21.6 Å². The van der Waals surface area contributed by atoms with Crippen molar-refractivity contribution in [2.45, 2.75) is 18.0 Å². The van der Waals surface area contributed by atoms with E-state index < -0.39 is 10.0 Å². The van der Waals surface area contributed by atoms with Crippen LogP contribution in [0.15, 0.2) is 65.7 Å². The predicted octanol–water partition coefficient (Wildman–Crippen LogP) is 2.18. The largest absolute Gasteiger partial charge is 0.378 e. The van der Waals surface area contributed by atoms with Crippen LogP contribution >= 0.6 is 0 Å². The van der Waals surface area contributed by atoms with Crippen LogP contribution in [0.3, 0.4) is 0 Å². The second-order valence-corrected chi connectivity index (χ2v) is 9.50. The van der Waals surface area contributed by atoms with Crippen molar-refractivity contribution in [3.8, 4) is 0 Å². The van der Waals surface area contributed by atoms with Crippen LogP contribution in [0.5, 0.6) is 0 Å². The summed E-state index contributed by atoms with van der Waals surface area (Å²) in [6.45, 7) is 3.20. The van der Waals surface area contributed by atoms with Gasteiger partial charge < -0.3 is 19.1 Å². The summed E-state index contributed by atoms with van der Waals surface area (Å²) in [6, 6.07) is 16.5. The fourth-order valence-electron chi connectivity index (χ4n) is 4.36. The maximum atomic E-state index is 13.7. The number of anilines is 2. The van der Waals surface area contributed by atoms with Gasteiger partial charge in [-0.1, -0.05) is 18.2 Å². The Morgan fingerprint density at radius 3 is 2.50 bits per heavy atom. The molecule has 32 heavy (non-hydrogen) atoms. The molecule has 1 amide bonds. The third-order valence-corrected chi connectivity index (χ3v) is 6.92. The van der Waals surface area contributed by atoms with E-state index in [2.05, 4.69) is 4.57 Å². The Balaban J connectivity index is 1.57. The summed E-state index contributed by atoms with van der Waals surface area (Å²) in [4.78, 5) is 17.2. The van der Waals surface area contributed by atoms with Gasteiger partial charge in [0.2, 0.25) is 10.0 Å². The van der Waals surface area contributed by atoms with E-state index in [9.17, 15) is 13.2 Å². The molecule has 1 aromatic heterocycles. The Hall–Kier alpha value is -3.14. The molecule has 5 rings (SSSR count). The molecular formula is C23H24N4O4S. The van der Waals surface area contributed by atoms with Crippen molar-refractivity contribution in [1.82, 2.24) is 4.57 Å². The summed E-state index contributed by atoms with van der Waals surface area (Å²) < 4.78 is 32.3. The van der Waals surface area contributed by atoms with Gasteiger partial charge in [0.1, 0.15) is 4.90 Å². The molecule has 0 unspecified atom stereocenters. The highest BCUT2D eigenvalue weighted by Gasteiger charge is 2.27. The van der Waals surface area contributed by atoms with Crippen LogP contribution in [-0.4, -0.2) is 45.2 Å². The summed E-state index contributed by atoms with van der Waals surface area (Å²) in [5, 5.41) is 5.55. The molecule has 0 radical (unpaired) electrons. The molecule has 0 saturated carbocycles. The summed E-state index contributed by atoms with van der Waals surface area (Å²) in [6.07, 6.45) is 2.00. The van der Waals surface area contributed by atoms with Crippen molar-refractivity contribution < 1.29 is 17.9 Å². The van der Waals surface area contributed by atoms with Gasteiger partial charge in [0, 0.05) is 42.8 Å². The highest BCUT2D eigenvalue weighted by molar-refractivity contribution is 7.89. The lowest BCUT2D eigenvalue weighted by atomic mass is 10.1. The Labute approximate surface area is 186 Å². The lowest BCUT2D eigenvalue weighted by Gasteiger charge is -2.30. The number of nitrogens with two attached hydrogens (primary N) is 1. The topological polar surface area (TPSA) is 97.9 Å². The molecule has 166 valence electrons. The predicted molar refractivity (Wildman–Crippen MR) is 121 cm³/mol. The number of amides is 1. The first-order chi connectivity index (χ1) is 15.4. The van der Waals surface area contributed by atoms with E-state index in [-0.39, 0.29) is 16.4 Å². The minimum atomic E-state index is -4.03. The average Bonchev–Trinajstić information content (AvgIpc) is 3.17. The number of carbonyl (C=O) groups excluding carboxylic acids is 1. The van der Waals surface area contributed by atoms with E-state index in [0.29, 0.717) is 45.1 Å². The highest BCUT2D eigenvalue weighted by Crippen LogP contribution is 2.31. The second kappa shape index (κ2) is 8.09. The number of nitrogens with zero attached hydrogens (tertiary/aromatic N) is 3. The van der Waals surface area contributed by atoms with E-state index in [0.717, 1.165) is 16.9 Å². The van der Waals surface area contributed by atoms with Crippen molar-refractivity contribution in [3.05, 3.63) is 77.6 Å². The molecule has 2 N–H and O–H groups in total. The molecule has 9 heteroatoms. The zero-order valence-electron chi connectivity index (χ0n) is 17.5. The normalized spacial score (nSPS) is 16.3. The molecule has 3 aromatic rings. The standard InChI is InChI=1S/C23H24N4O4S/c24-32(29,30)22-14-17(7-8-21(22)25-10-12-31-13-11-25)23(28)27-16-19-5-3-9-26(19)15-18-4-1-2-6-20(18)27/h1-9,14H,10-13,15-16H2,(H2,24,29,30). The van der Waals surface area contributed by atoms with Gasteiger partial charge in [-0.15, -0.1) is 0 Å². The maximum Gasteiger partial charge on any atom is 0.258 e. The van der Waals surface area contributed by atoms with Gasteiger partial charge >= 0.3 is 0 Å². The Morgan fingerprint density at radius 1 is 0.938 bits per heavy atom. The number of para-hydroxylation sites is 1. The molecular weight excluding hydrogens is 428 g/mol. The van der Waals surface area contributed by atoms with Crippen molar-refractivity contribution in [3.63, 3.8) is 0 Å². The van der Waals surface area contributed by atoms with Crippen LogP contribution in [0.4, 0.5) is 11.4 Å². The van der Waals surface area contributed by atoms with Gasteiger partial charge in [0.05, 0.1) is 25.4 Å². The van der Waals surface area contributed by atoms with Crippen molar-refractivity contribution in [2.24, 2.45) is 5.14 Å². The number of hydrogen-bond donors (Lipinski definition) is 1. The molecule has 0 aliphatic carbocycles. The van der Waals surface area contributed by atoms with Crippen LogP contribution in [0.2, 0.25) is 0 Å². The number of sulfonamides is 1. The van der Waals surface area contributed by atoms with E-state index in [1.54, 1.807) is 17.0 Å². The molecule has 0 bridgehead atoms. The first-order valence-corrected chi connectivity index (χ1v) is 12.0. The van der Waals surface area contributed by atoms with Crippen molar-refractivity contribution in [1.29, 1.82) is 0 Å². The molecule has 8 nitrogen and oxygen atoms in total. The second-order valence-electron chi connectivity index (χ2n) is 7.97. The van der Waals surface area contributed by atoms with Crippen LogP contribution in [-0.2, 0) is 27.8 Å². The Bertz CT molecular complexity index is 1280. The molecule has 1 saturated heterocycles. The Kier molecular flexibility index (Phi) is 5.24. The van der Waals surface area contributed by atoms with E-state index >= 15 is 0 Å². The zero-order valence-corrected chi connectivity index (χ0v) is 18.3. The fraction of sp³-hybridized carbons (Fsp3) is 0.261. The summed E-state index contributed by atoms with van der Waals surface area (Å²) in [5.74, 6) is -0.273. The van der Waals surface area contributed by atoms with Gasteiger partial charge in [0.25, 0.3) is 5.91 Å². The smallest absolute Gasteiger partial charge is 0.258 e. The molecule has 2 aliphatic heterocycles. The highest BCUT2D eigenvalue weighted by atomic mass is 32.2. The van der Waals surface area contributed by atoms with Gasteiger partial charge in [-0.2, -0.15) is 0 Å². The van der Waals surface area contributed by atoms with E-state index in [4.69, 9.17) is 9.88 Å². The molecule has 0 atom stereocenters. The van der Waals surface area contributed by atoms with Crippen LogP contribution in [0.25, 0.3) is 0 Å². The molecule has 2 aromatic carbocycles. The SMILES string of the molecule is NS(=O)(=O)c1cc(C(=O)N2Cc3cccn3Cc3ccccc32)ccc1N1CCOCC1. The maximum absolute atomic E-state index is 13.7. The van der Waals surface area contributed by atoms with Crippen LogP contribution < -0.4 is 14.9 Å². The number of primary sulfonamides is 1. The number of aromatic nitrogens is 1. The summed E-state index contributed by atoms with van der Waals surface area (Å²) in [5.41, 5.74) is 3.62. The molecule has 0 spiro atoms. The molecule has 2 aliphatic rings. The third-order valence-electron chi connectivity index (χ3n) is 5.98. The number of fused-ring (bicyclic) bond motifs is 2. The fourth-order valence-corrected chi connectivity index (χ4v) is 5.14. The van der Waals surface area contributed by atoms with Gasteiger partial charge in [0.15, 0.2) is 0 Å². The van der Waals surface area contributed by atoms with Crippen LogP contribution in [0, 0.1) is 0 Å². The lowest BCUT2D eigenvalue weighted by Crippen LogP contribution is -2.37. The number of rotatable bonds is 3. The number of carbonyl (C=O) groups is 1. The van der Waals surface area contributed by atoms with Gasteiger partial charge in [-0.05, 0) is 42.0 Å². The van der Waals surface area contributed by atoms with Crippen molar-refractivity contribution in [2.75, 3.05) is 36.1 Å². The average molecular weight is 453 g/mol. The number of ether oxygens (including phenoxy) is 1. The first-order valence-electron chi connectivity index (χ1n) is 10.5. The molecule has 1 fully saturated rings. The lowest BCUT2D eigenvalue weighted by molar-refractivity contribution is 0.0984. The first kappa shape index (κ1) is 20.7. The van der Waals surface area contributed by atoms with Gasteiger partial charge in [-0.3, -0.25) is 4.79 Å². The number of morpholine rings is 1. The number of benzene rings is 2. The monoisotopic (exact) mass is 452 g/mol. The zero-order chi connectivity index (χ0) is 22.3. The minimum Gasteiger partial charge on any atom is -0.378 e. The summed E-state index contributed by atoms with van der Waals surface area (Å²) in [7, 11) is -4.03. The van der Waals surface area contributed by atoms with Crippen molar-refractivity contribution >= 4 is 27.3 Å². The van der Waals surface area contributed by atoms with E-state index in [1.165, 1.54) is 6.07 Å². The van der Waals surface area contributed by atoms with E-state index in [1.807, 2.05) is 47.5 Å². The van der Waals surface area contributed by atoms with Gasteiger partial charge in [-0.25, -0.2) is 13.6 Å². The number of hydrogen-bond acceptors (Lipinski definition) is 5. The Morgan fingerprint density at radius 2 is 1.72 bits per heavy atom. The molecule has 3 heterocycles. The summed E-state index contributed by atoms with van der Waals surface area (Å²) >= 11 is 0. The minimum absolute atomic E-state index is 0.0447.